The van der Waals surface area contributed by atoms with Gasteiger partial charge in [0.05, 0.1) is 12.7 Å². The summed E-state index contributed by atoms with van der Waals surface area (Å²) in [6.45, 7) is 7.17. The van der Waals surface area contributed by atoms with E-state index in [2.05, 4.69) is 16.7 Å². The van der Waals surface area contributed by atoms with Gasteiger partial charge in [0.1, 0.15) is 5.82 Å². The van der Waals surface area contributed by atoms with Crippen molar-refractivity contribution in [2.24, 2.45) is 0 Å². The molecular weight excluding hydrogens is 295 g/mol. The van der Waals surface area contributed by atoms with Crippen LogP contribution in [0.25, 0.3) is 0 Å². The van der Waals surface area contributed by atoms with Gasteiger partial charge in [-0.2, -0.15) is 0 Å². The van der Waals surface area contributed by atoms with Gasteiger partial charge in [-0.05, 0) is 12.5 Å². The maximum absolute atomic E-state index is 13.8. The standard InChI is InChI=1S/C18H29FN2O2/c1-3-6-15-13-20(9-10-21(15)11-12-23-2)14-18(22)16-7-4-5-8-17(16)19/h4-5,7-8,15,18,22H,3,6,9-14H2,1-2H3. The first-order valence-electron chi connectivity index (χ1n) is 8.53. The number of β-amino-alcohol motifs (C(OH)–C–C–N with tert-alkyl or cyclic N) is 1. The number of aliphatic hydroxyl groups excluding tert-OH is 1. The molecule has 0 saturated carbocycles. The van der Waals surface area contributed by atoms with Gasteiger partial charge in [0.25, 0.3) is 0 Å². The van der Waals surface area contributed by atoms with Crippen molar-refractivity contribution in [3.05, 3.63) is 35.6 Å². The fraction of sp³-hybridized carbons (Fsp3) is 0.667. The van der Waals surface area contributed by atoms with Crippen molar-refractivity contribution in [1.29, 1.82) is 0 Å². The first-order chi connectivity index (χ1) is 11.2. The van der Waals surface area contributed by atoms with Crippen molar-refractivity contribution in [3.63, 3.8) is 0 Å². The van der Waals surface area contributed by atoms with Crippen LogP contribution in [-0.4, -0.2) is 67.4 Å². The molecule has 1 aliphatic heterocycles. The number of methoxy groups -OCH3 is 1. The van der Waals surface area contributed by atoms with Crippen LogP contribution >= 0.6 is 0 Å². The molecule has 1 aliphatic rings. The number of ether oxygens (including phenoxy) is 1. The molecule has 0 amide bonds. The number of hydrogen-bond acceptors (Lipinski definition) is 4. The van der Waals surface area contributed by atoms with Crippen molar-refractivity contribution in [3.8, 4) is 0 Å². The zero-order valence-electron chi connectivity index (χ0n) is 14.2. The molecule has 0 spiro atoms. The van der Waals surface area contributed by atoms with Crippen molar-refractivity contribution < 1.29 is 14.2 Å². The van der Waals surface area contributed by atoms with Crippen LogP contribution in [0.15, 0.2) is 24.3 Å². The normalized spacial score (nSPS) is 21.5. The maximum Gasteiger partial charge on any atom is 0.129 e. The second kappa shape index (κ2) is 9.33. The van der Waals surface area contributed by atoms with Gasteiger partial charge in [0.2, 0.25) is 0 Å². The van der Waals surface area contributed by atoms with Crippen LogP contribution in [0.4, 0.5) is 4.39 Å². The summed E-state index contributed by atoms with van der Waals surface area (Å²) in [5.74, 6) is -0.330. The van der Waals surface area contributed by atoms with Gasteiger partial charge in [-0.15, -0.1) is 0 Å². The fourth-order valence-corrected chi connectivity index (χ4v) is 3.32. The Morgan fingerprint density at radius 1 is 1.35 bits per heavy atom. The minimum atomic E-state index is -0.774. The van der Waals surface area contributed by atoms with E-state index in [0.717, 1.165) is 45.6 Å². The molecule has 2 atom stereocenters. The van der Waals surface area contributed by atoms with E-state index in [9.17, 15) is 9.50 Å². The predicted octanol–water partition coefficient (Wildman–Crippen LogP) is 2.29. The number of rotatable bonds is 8. The highest BCUT2D eigenvalue weighted by Gasteiger charge is 2.27. The van der Waals surface area contributed by atoms with Crippen LogP contribution in [-0.2, 0) is 4.74 Å². The number of nitrogens with zero attached hydrogens (tertiary/aromatic N) is 2. The van der Waals surface area contributed by atoms with E-state index < -0.39 is 6.10 Å². The molecule has 0 bridgehead atoms. The van der Waals surface area contributed by atoms with Crippen LogP contribution in [0.1, 0.15) is 31.4 Å². The van der Waals surface area contributed by atoms with Crippen LogP contribution < -0.4 is 0 Å². The van der Waals surface area contributed by atoms with Gasteiger partial charge >= 0.3 is 0 Å². The second-order valence-corrected chi connectivity index (χ2v) is 6.27. The average molecular weight is 324 g/mol. The Balaban J connectivity index is 1.92. The molecule has 5 heteroatoms. The number of hydrogen-bond donors (Lipinski definition) is 1. The van der Waals surface area contributed by atoms with Crippen LogP contribution in [0.5, 0.6) is 0 Å². The highest BCUT2D eigenvalue weighted by molar-refractivity contribution is 5.20. The van der Waals surface area contributed by atoms with Gasteiger partial charge in [0.15, 0.2) is 0 Å². The number of halogens is 1. The van der Waals surface area contributed by atoms with E-state index >= 15 is 0 Å². The molecule has 2 rings (SSSR count). The first kappa shape index (κ1) is 18.3. The average Bonchev–Trinajstić information content (AvgIpc) is 2.55. The van der Waals surface area contributed by atoms with Crippen LogP contribution in [0.3, 0.4) is 0 Å². The summed E-state index contributed by atoms with van der Waals surface area (Å²) in [5.41, 5.74) is 0.390. The monoisotopic (exact) mass is 324 g/mol. The molecule has 1 fully saturated rings. The third kappa shape index (κ3) is 5.24. The number of piperazine rings is 1. The van der Waals surface area contributed by atoms with Crippen LogP contribution in [0.2, 0.25) is 0 Å². The summed E-state index contributed by atoms with van der Waals surface area (Å²) in [5, 5.41) is 10.4. The van der Waals surface area contributed by atoms with Crippen molar-refractivity contribution in [2.75, 3.05) is 46.4 Å². The Morgan fingerprint density at radius 3 is 2.83 bits per heavy atom. The Hall–Kier alpha value is -1.01. The molecule has 130 valence electrons. The lowest BCUT2D eigenvalue weighted by atomic mass is 10.0. The third-order valence-corrected chi connectivity index (χ3v) is 4.59. The van der Waals surface area contributed by atoms with E-state index in [1.165, 1.54) is 6.07 Å². The minimum absolute atomic E-state index is 0.330. The molecule has 1 N–H and O–H groups in total. The maximum atomic E-state index is 13.8. The Bertz CT molecular complexity index is 472. The van der Waals surface area contributed by atoms with E-state index in [-0.39, 0.29) is 5.82 Å². The van der Waals surface area contributed by atoms with E-state index in [0.29, 0.717) is 18.2 Å². The summed E-state index contributed by atoms with van der Waals surface area (Å²) >= 11 is 0. The Labute approximate surface area is 138 Å². The van der Waals surface area contributed by atoms with Gasteiger partial charge in [-0.3, -0.25) is 9.80 Å². The lowest BCUT2D eigenvalue weighted by Crippen LogP contribution is -2.54. The zero-order chi connectivity index (χ0) is 16.7. The number of aliphatic hydroxyl groups is 1. The highest BCUT2D eigenvalue weighted by Crippen LogP contribution is 2.21. The summed E-state index contributed by atoms with van der Waals surface area (Å²) < 4.78 is 19.0. The van der Waals surface area contributed by atoms with Crippen molar-refractivity contribution >= 4 is 0 Å². The first-order valence-corrected chi connectivity index (χ1v) is 8.53. The lowest BCUT2D eigenvalue weighted by Gasteiger charge is -2.42. The molecule has 23 heavy (non-hydrogen) atoms. The second-order valence-electron chi connectivity index (χ2n) is 6.27. The predicted molar refractivity (Wildman–Crippen MR) is 89.9 cm³/mol. The quantitative estimate of drug-likeness (QED) is 0.796. The molecule has 1 saturated heterocycles. The molecule has 1 heterocycles. The van der Waals surface area contributed by atoms with E-state index in [1.807, 2.05) is 0 Å². The van der Waals surface area contributed by atoms with Crippen molar-refractivity contribution in [2.45, 2.75) is 31.9 Å². The van der Waals surface area contributed by atoms with E-state index in [1.54, 1.807) is 25.3 Å². The molecule has 1 aromatic rings. The van der Waals surface area contributed by atoms with Gasteiger partial charge in [0, 0.05) is 51.4 Å². The summed E-state index contributed by atoms with van der Waals surface area (Å²) in [6.07, 6.45) is 1.50. The molecule has 0 aromatic heterocycles. The molecule has 4 nitrogen and oxygen atoms in total. The number of benzene rings is 1. The minimum Gasteiger partial charge on any atom is -0.387 e. The van der Waals surface area contributed by atoms with Gasteiger partial charge in [-0.1, -0.05) is 31.5 Å². The molecule has 2 unspecified atom stereocenters. The van der Waals surface area contributed by atoms with Crippen molar-refractivity contribution in [1.82, 2.24) is 9.80 Å². The molecule has 0 radical (unpaired) electrons. The molecule has 0 aliphatic carbocycles. The molecular formula is C18H29FN2O2. The fourth-order valence-electron chi connectivity index (χ4n) is 3.32. The Kier molecular flexibility index (Phi) is 7.43. The summed E-state index contributed by atoms with van der Waals surface area (Å²) in [4.78, 5) is 4.72. The smallest absolute Gasteiger partial charge is 0.129 e. The highest BCUT2D eigenvalue weighted by atomic mass is 19.1. The summed E-state index contributed by atoms with van der Waals surface area (Å²) in [7, 11) is 1.73. The zero-order valence-corrected chi connectivity index (χ0v) is 14.2. The van der Waals surface area contributed by atoms with Gasteiger partial charge in [-0.25, -0.2) is 4.39 Å². The third-order valence-electron chi connectivity index (χ3n) is 4.59. The lowest BCUT2D eigenvalue weighted by molar-refractivity contribution is 0.0235. The van der Waals surface area contributed by atoms with Gasteiger partial charge < -0.3 is 9.84 Å². The topological polar surface area (TPSA) is 35.9 Å². The van der Waals surface area contributed by atoms with Crippen LogP contribution in [0, 0.1) is 5.82 Å². The molecule has 1 aromatic carbocycles. The summed E-state index contributed by atoms with van der Waals surface area (Å²) in [6, 6.07) is 6.97. The van der Waals surface area contributed by atoms with E-state index in [4.69, 9.17) is 4.74 Å². The SMILES string of the molecule is CCCC1CN(CC(O)c2ccccc2F)CCN1CCOC. The largest absolute Gasteiger partial charge is 0.387 e. The Morgan fingerprint density at radius 2 is 2.13 bits per heavy atom.